The average molecular weight is 499 g/mol. The maximum atomic E-state index is 12.8. The highest BCUT2D eigenvalue weighted by atomic mass is 16.4. The van der Waals surface area contributed by atoms with Crippen LogP contribution in [0.15, 0.2) is 12.5 Å². The number of imidazole rings is 1. The number of aliphatic hydroxyl groups excluding tert-OH is 1. The van der Waals surface area contributed by atoms with Crippen molar-refractivity contribution in [2.45, 2.75) is 62.9 Å². The third kappa shape index (κ3) is 10.2. The molecule has 0 aliphatic heterocycles. The summed E-state index contributed by atoms with van der Waals surface area (Å²) in [6.45, 7) is 1.21. The molecule has 4 amide bonds. The van der Waals surface area contributed by atoms with Gasteiger partial charge in [0.15, 0.2) is 0 Å². The first-order valence-corrected chi connectivity index (χ1v) is 10.4. The van der Waals surface area contributed by atoms with Crippen molar-refractivity contribution in [1.82, 2.24) is 25.9 Å². The van der Waals surface area contributed by atoms with E-state index in [-0.39, 0.29) is 19.3 Å². The highest BCUT2D eigenvalue weighted by Crippen LogP contribution is 2.05. The first-order chi connectivity index (χ1) is 16.3. The zero-order chi connectivity index (χ0) is 26.7. The minimum atomic E-state index is -1.70. The summed E-state index contributed by atoms with van der Waals surface area (Å²) in [7, 11) is 0. The predicted molar refractivity (Wildman–Crippen MR) is 116 cm³/mol. The van der Waals surface area contributed by atoms with Crippen LogP contribution in [0.25, 0.3) is 0 Å². The van der Waals surface area contributed by atoms with Crippen molar-refractivity contribution in [1.29, 1.82) is 0 Å². The lowest BCUT2D eigenvalue weighted by Gasteiger charge is -2.24. The number of carboxylic acid groups (broad SMARTS) is 2. The maximum Gasteiger partial charge on any atom is 0.326 e. The standard InChI is InChI=1S/C19H29N7O9/c1-8(27)15(21)18(33)25-11(5-14(29)30)17(32)24-10(2-3-13(20)28)16(31)26-12(19(34)35)4-9-6-22-7-23-9/h6-8,10-12,15,27H,2-5,21H2,1H3,(H2,20,28)(H,22,23)(H,24,32)(H,25,33)(H,26,31)(H,29,30)(H,34,35). The molecule has 1 aromatic heterocycles. The molecule has 16 heteroatoms. The van der Waals surface area contributed by atoms with Crippen molar-refractivity contribution >= 4 is 35.6 Å². The summed E-state index contributed by atoms with van der Waals surface area (Å²) in [6.07, 6.45) is -0.430. The Bertz CT molecular complexity index is 920. The van der Waals surface area contributed by atoms with Crippen LogP contribution in [0.1, 0.15) is 31.9 Å². The Hall–Kier alpha value is -4.05. The molecule has 35 heavy (non-hydrogen) atoms. The topological polar surface area (TPSA) is 280 Å². The fraction of sp³-hybridized carbons (Fsp3) is 0.526. The molecule has 0 aliphatic carbocycles. The van der Waals surface area contributed by atoms with E-state index < -0.39 is 72.3 Å². The fourth-order valence-electron chi connectivity index (χ4n) is 2.79. The molecule has 0 saturated heterocycles. The molecule has 16 nitrogen and oxygen atoms in total. The number of amides is 4. The lowest BCUT2D eigenvalue weighted by Crippen LogP contribution is -2.58. The van der Waals surface area contributed by atoms with Crippen molar-refractivity contribution in [2.75, 3.05) is 0 Å². The number of hydrogen-bond acceptors (Lipinski definition) is 9. The van der Waals surface area contributed by atoms with Crippen molar-refractivity contribution < 1.29 is 44.1 Å². The second-order valence-corrected chi connectivity index (χ2v) is 7.67. The molecular formula is C19H29N7O9. The van der Waals surface area contributed by atoms with E-state index in [1.54, 1.807) is 0 Å². The van der Waals surface area contributed by atoms with E-state index >= 15 is 0 Å². The van der Waals surface area contributed by atoms with Crippen LogP contribution in [0.4, 0.5) is 0 Å². The summed E-state index contributed by atoms with van der Waals surface area (Å²) < 4.78 is 0. The van der Waals surface area contributed by atoms with Crippen LogP contribution in [0.5, 0.6) is 0 Å². The number of H-pyrrole nitrogens is 1. The molecule has 0 saturated carbocycles. The highest BCUT2D eigenvalue weighted by molar-refractivity contribution is 5.96. The normalized spacial score (nSPS) is 15.1. The number of nitrogens with zero attached hydrogens (tertiary/aromatic N) is 1. The Morgan fingerprint density at radius 1 is 1.00 bits per heavy atom. The van der Waals surface area contributed by atoms with Crippen LogP contribution in [0.2, 0.25) is 0 Å². The third-order valence-corrected chi connectivity index (χ3v) is 4.74. The lowest BCUT2D eigenvalue weighted by molar-refractivity contribution is -0.143. The van der Waals surface area contributed by atoms with Gasteiger partial charge in [0.05, 0.1) is 18.9 Å². The van der Waals surface area contributed by atoms with E-state index in [0.29, 0.717) is 5.69 Å². The van der Waals surface area contributed by atoms with E-state index in [4.69, 9.17) is 16.6 Å². The number of nitrogens with one attached hydrogen (secondary N) is 4. The number of nitrogens with two attached hydrogens (primary N) is 2. The molecule has 1 rings (SSSR count). The molecule has 0 aromatic carbocycles. The number of aliphatic hydroxyl groups is 1. The predicted octanol–water partition coefficient (Wildman–Crippen LogP) is -4.06. The molecule has 194 valence electrons. The molecular weight excluding hydrogens is 470 g/mol. The van der Waals surface area contributed by atoms with Crippen LogP contribution < -0.4 is 27.4 Å². The van der Waals surface area contributed by atoms with Crippen molar-refractivity contribution in [3.8, 4) is 0 Å². The summed E-state index contributed by atoms with van der Waals surface area (Å²) >= 11 is 0. The number of primary amides is 1. The van der Waals surface area contributed by atoms with Crippen LogP contribution in [-0.2, 0) is 35.2 Å². The minimum absolute atomic E-state index is 0.174. The van der Waals surface area contributed by atoms with Gasteiger partial charge in [-0.15, -0.1) is 0 Å². The molecule has 0 fully saturated rings. The van der Waals surface area contributed by atoms with E-state index in [1.807, 2.05) is 0 Å². The molecule has 5 atom stereocenters. The third-order valence-electron chi connectivity index (χ3n) is 4.74. The molecule has 5 unspecified atom stereocenters. The summed E-state index contributed by atoms with van der Waals surface area (Å²) in [5.74, 6) is -6.82. The van der Waals surface area contributed by atoms with Gasteiger partial charge in [0, 0.05) is 24.7 Å². The molecule has 0 aliphatic rings. The molecule has 0 radical (unpaired) electrons. The number of carbonyl (C=O) groups excluding carboxylic acids is 4. The zero-order valence-electron chi connectivity index (χ0n) is 18.8. The van der Waals surface area contributed by atoms with Crippen LogP contribution >= 0.6 is 0 Å². The van der Waals surface area contributed by atoms with Gasteiger partial charge in [0.1, 0.15) is 24.2 Å². The van der Waals surface area contributed by atoms with E-state index in [1.165, 1.54) is 19.4 Å². The summed E-state index contributed by atoms with van der Waals surface area (Å²) in [5, 5.41) is 34.5. The van der Waals surface area contributed by atoms with Gasteiger partial charge in [0.2, 0.25) is 23.6 Å². The number of aromatic amines is 1. The van der Waals surface area contributed by atoms with Crippen molar-refractivity contribution in [3.63, 3.8) is 0 Å². The monoisotopic (exact) mass is 499 g/mol. The van der Waals surface area contributed by atoms with Crippen LogP contribution in [-0.4, -0.2) is 91.1 Å². The second-order valence-electron chi connectivity index (χ2n) is 7.67. The molecule has 0 bridgehead atoms. The largest absolute Gasteiger partial charge is 0.481 e. The molecule has 0 spiro atoms. The molecule has 1 heterocycles. The van der Waals surface area contributed by atoms with Crippen molar-refractivity contribution in [3.05, 3.63) is 18.2 Å². The Morgan fingerprint density at radius 2 is 1.57 bits per heavy atom. The first kappa shape index (κ1) is 29.0. The van der Waals surface area contributed by atoms with Gasteiger partial charge in [-0.3, -0.25) is 24.0 Å². The lowest BCUT2D eigenvalue weighted by atomic mass is 10.1. The Kier molecular flexibility index (Phi) is 11.3. The zero-order valence-corrected chi connectivity index (χ0v) is 18.8. The van der Waals surface area contributed by atoms with Gasteiger partial charge >= 0.3 is 11.9 Å². The van der Waals surface area contributed by atoms with Gasteiger partial charge in [-0.2, -0.15) is 0 Å². The number of carbonyl (C=O) groups is 6. The second kappa shape index (κ2) is 13.6. The van der Waals surface area contributed by atoms with E-state index in [0.717, 1.165) is 0 Å². The van der Waals surface area contributed by atoms with Gasteiger partial charge in [-0.25, -0.2) is 9.78 Å². The molecule has 1 aromatic rings. The quantitative estimate of drug-likeness (QED) is 0.112. The fourth-order valence-corrected chi connectivity index (χ4v) is 2.79. The van der Waals surface area contributed by atoms with Gasteiger partial charge in [-0.05, 0) is 13.3 Å². The number of rotatable bonds is 15. The van der Waals surface area contributed by atoms with Gasteiger partial charge in [-0.1, -0.05) is 0 Å². The van der Waals surface area contributed by atoms with Crippen molar-refractivity contribution in [2.24, 2.45) is 11.5 Å². The number of aromatic nitrogens is 2. The Labute approximate surface area is 198 Å². The Morgan fingerprint density at radius 3 is 2.06 bits per heavy atom. The van der Waals surface area contributed by atoms with Crippen LogP contribution in [0.3, 0.4) is 0 Å². The van der Waals surface area contributed by atoms with Gasteiger partial charge in [0.25, 0.3) is 0 Å². The first-order valence-electron chi connectivity index (χ1n) is 10.4. The highest BCUT2D eigenvalue weighted by Gasteiger charge is 2.32. The maximum absolute atomic E-state index is 12.8. The summed E-state index contributed by atoms with van der Waals surface area (Å²) in [5.41, 5.74) is 11.0. The van der Waals surface area contributed by atoms with Crippen LogP contribution in [0, 0.1) is 0 Å². The number of aliphatic carboxylic acids is 2. The minimum Gasteiger partial charge on any atom is -0.481 e. The molecule has 11 N–H and O–H groups in total. The van der Waals surface area contributed by atoms with E-state index in [9.17, 15) is 39.0 Å². The number of hydrogen-bond donors (Lipinski definition) is 9. The van der Waals surface area contributed by atoms with Gasteiger partial charge < -0.3 is 47.7 Å². The smallest absolute Gasteiger partial charge is 0.326 e. The average Bonchev–Trinajstić information content (AvgIpc) is 3.27. The Balaban J connectivity index is 3.03. The SMILES string of the molecule is CC(O)C(N)C(=O)NC(CC(=O)O)C(=O)NC(CCC(N)=O)C(=O)NC(Cc1cnc[nH]1)C(=O)O. The summed E-state index contributed by atoms with van der Waals surface area (Å²) in [4.78, 5) is 78.0. The number of carboxylic acids is 2. The summed E-state index contributed by atoms with van der Waals surface area (Å²) in [6, 6.07) is -6.10. The van der Waals surface area contributed by atoms with E-state index in [2.05, 4.69) is 25.9 Å².